The smallest absolute Gasteiger partial charge is 0.248 e. The number of piperidine rings is 1. The first-order chi connectivity index (χ1) is 12.1. The molecule has 136 valence electrons. The molecule has 25 heavy (non-hydrogen) atoms. The van der Waals surface area contributed by atoms with E-state index in [1.54, 1.807) is 12.1 Å². The molecule has 1 aliphatic carbocycles. The number of aromatic hydroxyl groups is 1. The molecule has 5 heteroatoms. The van der Waals surface area contributed by atoms with Crippen molar-refractivity contribution in [1.29, 1.82) is 0 Å². The van der Waals surface area contributed by atoms with E-state index in [0.29, 0.717) is 31.5 Å². The Bertz CT molecular complexity index is 584. The quantitative estimate of drug-likeness (QED) is 0.833. The number of hydrogen-bond acceptors (Lipinski definition) is 4. The summed E-state index contributed by atoms with van der Waals surface area (Å²) in [6, 6.07) is 6.39. The zero-order valence-corrected chi connectivity index (χ0v) is 14.7. The van der Waals surface area contributed by atoms with Crippen LogP contribution in [0.5, 0.6) is 5.75 Å². The first-order valence-corrected chi connectivity index (χ1v) is 9.36. The van der Waals surface area contributed by atoms with Crippen LogP contribution in [0.2, 0.25) is 0 Å². The van der Waals surface area contributed by atoms with Gasteiger partial charge in [-0.05, 0) is 49.9 Å². The van der Waals surface area contributed by atoms with Crippen LogP contribution in [0.25, 0.3) is 0 Å². The number of ketones is 1. The molecule has 3 rings (SSSR count). The number of ether oxygens (including phenoxy) is 1. The fraction of sp³-hybridized carbons (Fsp3) is 0.600. The molecule has 0 bridgehead atoms. The van der Waals surface area contributed by atoms with E-state index in [1.807, 2.05) is 4.90 Å². The highest BCUT2D eigenvalue weighted by Crippen LogP contribution is 2.24. The molecule has 2 fully saturated rings. The van der Waals surface area contributed by atoms with Crippen LogP contribution in [0.15, 0.2) is 24.3 Å². The van der Waals surface area contributed by atoms with Gasteiger partial charge in [-0.1, -0.05) is 19.3 Å². The summed E-state index contributed by atoms with van der Waals surface area (Å²) in [6.45, 7) is 1.39. The number of amides is 1. The summed E-state index contributed by atoms with van der Waals surface area (Å²) < 4.78 is 5.77. The molecule has 1 aliphatic heterocycles. The molecule has 0 atom stereocenters. The van der Waals surface area contributed by atoms with Gasteiger partial charge in [0.25, 0.3) is 0 Å². The second kappa shape index (κ2) is 8.48. The molecule has 5 nitrogen and oxygen atoms in total. The summed E-state index contributed by atoms with van der Waals surface area (Å²) >= 11 is 0. The number of carbonyl (C=O) groups excluding carboxylic acids is 2. The number of Topliss-reactive ketones (excluding diaryl/α,β-unsaturated/α-hetero) is 1. The second-order valence-corrected chi connectivity index (χ2v) is 7.14. The Kier molecular flexibility index (Phi) is 6.08. The van der Waals surface area contributed by atoms with Crippen LogP contribution < -0.4 is 0 Å². The Balaban J connectivity index is 1.43. The number of hydrogen-bond donors (Lipinski definition) is 1. The number of likely N-dealkylation sites (tertiary alicyclic amines) is 1. The SMILES string of the molecule is O=C(c1ccc(O)cc1)C1CCN(C(=O)COC2CCCCC2)CC1. The van der Waals surface area contributed by atoms with Gasteiger partial charge in [-0.3, -0.25) is 9.59 Å². The minimum atomic E-state index is -0.0483. The van der Waals surface area contributed by atoms with Gasteiger partial charge in [0.1, 0.15) is 12.4 Å². The van der Waals surface area contributed by atoms with Crippen molar-refractivity contribution >= 4 is 11.7 Å². The zero-order valence-electron chi connectivity index (χ0n) is 14.7. The van der Waals surface area contributed by atoms with Crippen LogP contribution in [0, 0.1) is 5.92 Å². The van der Waals surface area contributed by atoms with Gasteiger partial charge < -0.3 is 14.7 Å². The van der Waals surface area contributed by atoms with Crippen molar-refractivity contribution in [1.82, 2.24) is 4.90 Å². The minimum Gasteiger partial charge on any atom is -0.508 e. The number of nitrogens with zero attached hydrogens (tertiary/aromatic N) is 1. The van der Waals surface area contributed by atoms with Crippen molar-refractivity contribution in [2.45, 2.75) is 51.0 Å². The summed E-state index contributed by atoms with van der Waals surface area (Å²) in [5.41, 5.74) is 0.628. The lowest BCUT2D eigenvalue weighted by Crippen LogP contribution is -2.42. The van der Waals surface area contributed by atoms with Crippen molar-refractivity contribution in [3.8, 4) is 5.75 Å². The maximum atomic E-state index is 12.5. The first-order valence-electron chi connectivity index (χ1n) is 9.36. The van der Waals surface area contributed by atoms with E-state index in [2.05, 4.69) is 0 Å². The largest absolute Gasteiger partial charge is 0.508 e. The zero-order chi connectivity index (χ0) is 17.6. The molecule has 0 unspecified atom stereocenters. The van der Waals surface area contributed by atoms with Gasteiger partial charge in [0.2, 0.25) is 5.91 Å². The second-order valence-electron chi connectivity index (χ2n) is 7.14. The van der Waals surface area contributed by atoms with Crippen LogP contribution in [-0.4, -0.2) is 47.5 Å². The van der Waals surface area contributed by atoms with Gasteiger partial charge in [0.05, 0.1) is 6.10 Å². The third kappa shape index (κ3) is 4.82. The fourth-order valence-electron chi connectivity index (χ4n) is 3.76. The lowest BCUT2D eigenvalue weighted by molar-refractivity contribution is -0.140. The van der Waals surface area contributed by atoms with Gasteiger partial charge in [-0.2, -0.15) is 0 Å². The predicted octanol–water partition coefficient (Wildman–Crippen LogP) is 3.16. The number of carbonyl (C=O) groups is 2. The number of rotatable bonds is 5. The normalized spacial score (nSPS) is 19.8. The predicted molar refractivity (Wildman–Crippen MR) is 94.6 cm³/mol. The van der Waals surface area contributed by atoms with Crippen LogP contribution in [-0.2, 0) is 9.53 Å². The van der Waals surface area contributed by atoms with Gasteiger partial charge in [0.15, 0.2) is 5.78 Å². The van der Waals surface area contributed by atoms with Crippen molar-refractivity contribution in [3.63, 3.8) is 0 Å². The highest BCUT2D eigenvalue weighted by Gasteiger charge is 2.28. The molecular weight excluding hydrogens is 318 g/mol. The van der Waals surface area contributed by atoms with E-state index in [0.717, 1.165) is 12.8 Å². The average molecular weight is 345 g/mol. The monoisotopic (exact) mass is 345 g/mol. The Hall–Kier alpha value is -1.88. The molecule has 2 aliphatic rings. The van der Waals surface area contributed by atoms with E-state index in [4.69, 9.17) is 4.74 Å². The molecule has 1 N–H and O–H groups in total. The standard InChI is InChI=1S/C20H27NO4/c22-17-8-6-15(7-9-17)20(24)16-10-12-21(13-11-16)19(23)14-25-18-4-2-1-3-5-18/h6-9,16,18,22H,1-5,10-14H2. The summed E-state index contributed by atoms with van der Waals surface area (Å²) in [6.07, 6.45) is 7.42. The molecule has 1 aromatic rings. The molecule has 1 aromatic carbocycles. The summed E-state index contributed by atoms with van der Waals surface area (Å²) in [5, 5.41) is 9.32. The molecule has 0 spiro atoms. The summed E-state index contributed by atoms with van der Waals surface area (Å²) in [4.78, 5) is 26.6. The van der Waals surface area contributed by atoms with Gasteiger partial charge in [-0.25, -0.2) is 0 Å². The molecule has 1 heterocycles. The van der Waals surface area contributed by atoms with E-state index in [9.17, 15) is 14.7 Å². The minimum absolute atomic E-state index is 0.0427. The molecule has 1 amide bonds. The van der Waals surface area contributed by atoms with Crippen molar-refractivity contribution in [3.05, 3.63) is 29.8 Å². The Morgan fingerprint density at radius 2 is 1.64 bits per heavy atom. The van der Waals surface area contributed by atoms with Crippen molar-refractivity contribution in [2.24, 2.45) is 5.92 Å². The van der Waals surface area contributed by atoms with Crippen molar-refractivity contribution < 1.29 is 19.4 Å². The van der Waals surface area contributed by atoms with E-state index < -0.39 is 0 Å². The van der Waals surface area contributed by atoms with Crippen LogP contribution >= 0.6 is 0 Å². The summed E-state index contributed by atoms with van der Waals surface area (Å²) in [5.74, 6) is 0.259. The molecule has 1 saturated carbocycles. The number of benzene rings is 1. The maximum Gasteiger partial charge on any atom is 0.248 e. The van der Waals surface area contributed by atoms with E-state index in [-0.39, 0.29) is 36.1 Å². The Morgan fingerprint density at radius 3 is 2.28 bits per heavy atom. The van der Waals surface area contributed by atoms with Crippen LogP contribution in [0.3, 0.4) is 0 Å². The summed E-state index contributed by atoms with van der Waals surface area (Å²) in [7, 11) is 0. The van der Waals surface area contributed by atoms with E-state index >= 15 is 0 Å². The third-order valence-corrected chi connectivity index (χ3v) is 5.36. The van der Waals surface area contributed by atoms with Crippen LogP contribution in [0.4, 0.5) is 0 Å². The third-order valence-electron chi connectivity index (χ3n) is 5.36. The highest BCUT2D eigenvalue weighted by atomic mass is 16.5. The van der Waals surface area contributed by atoms with Gasteiger partial charge in [0, 0.05) is 24.6 Å². The Labute approximate surface area is 149 Å². The molecule has 1 saturated heterocycles. The number of phenols is 1. The fourth-order valence-corrected chi connectivity index (χ4v) is 3.76. The first kappa shape index (κ1) is 17.9. The van der Waals surface area contributed by atoms with Crippen LogP contribution in [0.1, 0.15) is 55.3 Å². The highest BCUT2D eigenvalue weighted by molar-refractivity contribution is 5.98. The molecule has 0 radical (unpaired) electrons. The van der Waals surface area contributed by atoms with Crippen molar-refractivity contribution in [2.75, 3.05) is 19.7 Å². The average Bonchev–Trinajstić information content (AvgIpc) is 2.67. The van der Waals surface area contributed by atoms with E-state index in [1.165, 1.54) is 31.4 Å². The van der Waals surface area contributed by atoms with Gasteiger partial charge in [-0.15, -0.1) is 0 Å². The maximum absolute atomic E-state index is 12.5. The lowest BCUT2D eigenvalue weighted by Gasteiger charge is -2.32. The molecular formula is C20H27NO4. The number of phenolic OH excluding ortho intramolecular Hbond substituents is 1. The Morgan fingerprint density at radius 1 is 1.00 bits per heavy atom. The topological polar surface area (TPSA) is 66.8 Å². The van der Waals surface area contributed by atoms with Gasteiger partial charge >= 0.3 is 0 Å². The molecule has 0 aromatic heterocycles. The lowest BCUT2D eigenvalue weighted by atomic mass is 9.89.